The summed E-state index contributed by atoms with van der Waals surface area (Å²) in [6.45, 7) is 6.19. The van der Waals surface area contributed by atoms with Crippen LogP contribution < -0.4 is 10.2 Å². The number of ketones is 1. The standard InChI is InChI=1S/C22H23F3N4O5/c1-9-8-29-16-6-15(23)14(19-27-20(18(24)25)34-28-19)5-13(16)7-22(11(3)30,17(29)10(2)33-9)21(32)26-12(4)31/h5-6,9-10,17-18H,7-8H2,1-4H3,(H,26,31,32)/t9-,10+,17-,22+/m1/s1. The lowest BCUT2D eigenvalue weighted by molar-refractivity contribution is -0.151. The number of halogens is 3. The molecule has 0 bridgehead atoms. The summed E-state index contributed by atoms with van der Waals surface area (Å²) in [7, 11) is 0. The van der Waals surface area contributed by atoms with Crippen molar-refractivity contribution in [1.82, 2.24) is 15.5 Å². The lowest BCUT2D eigenvalue weighted by Gasteiger charge is -2.54. The molecule has 0 spiro atoms. The zero-order valence-corrected chi connectivity index (χ0v) is 18.9. The third kappa shape index (κ3) is 3.75. The second kappa shape index (κ2) is 8.49. The molecule has 9 nitrogen and oxygen atoms in total. The molecule has 2 amide bonds. The summed E-state index contributed by atoms with van der Waals surface area (Å²) < 4.78 is 51.4. The van der Waals surface area contributed by atoms with Crippen LogP contribution in [-0.4, -0.2) is 52.5 Å². The number of nitrogens with one attached hydrogen (secondary N) is 1. The van der Waals surface area contributed by atoms with E-state index < -0.39 is 53.3 Å². The summed E-state index contributed by atoms with van der Waals surface area (Å²) in [5.41, 5.74) is -1.12. The van der Waals surface area contributed by atoms with Crippen LogP contribution in [0, 0.1) is 11.2 Å². The predicted molar refractivity (Wildman–Crippen MR) is 111 cm³/mol. The van der Waals surface area contributed by atoms with E-state index in [9.17, 15) is 23.2 Å². The summed E-state index contributed by atoms with van der Waals surface area (Å²) in [5, 5.41) is 5.66. The van der Waals surface area contributed by atoms with Gasteiger partial charge in [0.25, 0.3) is 5.89 Å². The predicted octanol–water partition coefficient (Wildman–Crippen LogP) is 2.59. The number of hydrogen-bond donors (Lipinski definition) is 1. The second-order valence-corrected chi connectivity index (χ2v) is 8.68. The Morgan fingerprint density at radius 3 is 2.53 bits per heavy atom. The van der Waals surface area contributed by atoms with Gasteiger partial charge in [0.05, 0.1) is 23.8 Å². The highest BCUT2D eigenvalue weighted by molar-refractivity contribution is 6.11. The Balaban J connectivity index is 1.91. The number of carbonyl (C=O) groups is 3. The Morgan fingerprint density at radius 1 is 1.24 bits per heavy atom. The minimum Gasteiger partial charge on any atom is -0.372 e. The Morgan fingerprint density at radius 2 is 1.94 bits per heavy atom. The Labute approximate surface area is 192 Å². The third-order valence-corrected chi connectivity index (χ3v) is 6.33. The van der Waals surface area contributed by atoms with E-state index in [-0.39, 0.29) is 30.5 Å². The average molecular weight is 480 g/mol. The van der Waals surface area contributed by atoms with Gasteiger partial charge in [0, 0.05) is 19.2 Å². The van der Waals surface area contributed by atoms with Crippen molar-refractivity contribution in [2.45, 2.75) is 58.8 Å². The number of nitrogens with zero attached hydrogens (tertiary/aromatic N) is 3. The number of morpholine rings is 1. The molecule has 2 aromatic rings. The molecule has 1 saturated heterocycles. The van der Waals surface area contributed by atoms with Crippen molar-refractivity contribution < 1.29 is 36.8 Å². The van der Waals surface area contributed by atoms with Gasteiger partial charge >= 0.3 is 6.43 Å². The summed E-state index contributed by atoms with van der Waals surface area (Å²) in [6.07, 6.45) is -4.11. The maximum Gasteiger partial charge on any atom is 0.315 e. The van der Waals surface area contributed by atoms with Crippen molar-refractivity contribution in [2.75, 3.05) is 11.4 Å². The number of imide groups is 1. The first-order valence-electron chi connectivity index (χ1n) is 10.7. The van der Waals surface area contributed by atoms with E-state index in [1.165, 1.54) is 19.1 Å². The van der Waals surface area contributed by atoms with Crippen molar-refractivity contribution in [3.63, 3.8) is 0 Å². The van der Waals surface area contributed by atoms with Crippen molar-refractivity contribution in [3.05, 3.63) is 29.4 Å². The van der Waals surface area contributed by atoms with Crippen molar-refractivity contribution in [1.29, 1.82) is 0 Å². The van der Waals surface area contributed by atoms with Crippen molar-refractivity contribution in [2.24, 2.45) is 5.41 Å². The van der Waals surface area contributed by atoms with Gasteiger partial charge < -0.3 is 14.2 Å². The van der Waals surface area contributed by atoms with Gasteiger partial charge in [-0.1, -0.05) is 5.16 Å². The fourth-order valence-electron chi connectivity index (χ4n) is 5.05. The minimum absolute atomic E-state index is 0.174. The summed E-state index contributed by atoms with van der Waals surface area (Å²) in [4.78, 5) is 43.4. The number of alkyl halides is 2. The molecule has 1 N–H and O–H groups in total. The number of benzene rings is 1. The van der Waals surface area contributed by atoms with Crippen LogP contribution in [0.1, 0.15) is 45.6 Å². The van der Waals surface area contributed by atoms with Crippen molar-refractivity contribution >= 4 is 23.3 Å². The van der Waals surface area contributed by atoms with Crippen LogP contribution in [0.3, 0.4) is 0 Å². The van der Waals surface area contributed by atoms with Crippen molar-refractivity contribution in [3.8, 4) is 11.4 Å². The molecule has 0 unspecified atom stereocenters. The summed E-state index contributed by atoms with van der Waals surface area (Å²) in [5.74, 6) is -4.04. The van der Waals surface area contributed by atoms with Crippen LogP contribution in [-0.2, 0) is 25.5 Å². The molecule has 1 aromatic carbocycles. The second-order valence-electron chi connectivity index (χ2n) is 8.68. The van der Waals surface area contributed by atoms with Gasteiger partial charge in [-0.15, -0.1) is 0 Å². The molecule has 2 aliphatic rings. The number of hydrogen-bond acceptors (Lipinski definition) is 8. The SMILES string of the molecule is CC(=O)NC(=O)[C@]1(C(C)=O)Cc2cc(-c3noc(C(F)F)n3)c(F)cc2N2C[C@@H](C)O[C@@H](C)[C@@H]21. The highest BCUT2D eigenvalue weighted by atomic mass is 19.3. The largest absolute Gasteiger partial charge is 0.372 e. The molecule has 1 aromatic heterocycles. The van der Waals surface area contributed by atoms with Gasteiger partial charge in [0.1, 0.15) is 17.0 Å². The zero-order valence-electron chi connectivity index (χ0n) is 18.9. The Bertz CT molecular complexity index is 1170. The van der Waals surface area contributed by atoms with Crippen LogP contribution in [0.25, 0.3) is 11.4 Å². The van der Waals surface area contributed by atoms with E-state index in [0.717, 1.165) is 6.92 Å². The first-order valence-corrected chi connectivity index (χ1v) is 10.7. The van der Waals surface area contributed by atoms with Gasteiger partial charge in [-0.2, -0.15) is 13.8 Å². The molecular weight excluding hydrogens is 457 g/mol. The maximum atomic E-state index is 15.2. The van der Waals surface area contributed by atoms with Crippen LogP contribution in [0.2, 0.25) is 0 Å². The lowest BCUT2D eigenvalue weighted by Crippen LogP contribution is -2.69. The van der Waals surface area contributed by atoms with Gasteiger partial charge in [-0.25, -0.2) is 4.39 Å². The number of anilines is 1. The number of aromatic nitrogens is 2. The van der Waals surface area contributed by atoms with Crippen LogP contribution in [0.5, 0.6) is 0 Å². The van der Waals surface area contributed by atoms with E-state index in [4.69, 9.17) is 4.74 Å². The Kier molecular flexibility index (Phi) is 5.96. The number of ether oxygens (including phenoxy) is 1. The lowest BCUT2D eigenvalue weighted by atomic mass is 9.65. The quantitative estimate of drug-likeness (QED) is 0.665. The molecule has 0 radical (unpaired) electrons. The maximum absolute atomic E-state index is 15.2. The number of amides is 2. The molecule has 182 valence electrons. The van der Waals surface area contributed by atoms with Crippen LogP contribution >= 0.6 is 0 Å². The molecule has 1 fully saturated rings. The van der Waals surface area contributed by atoms with E-state index in [2.05, 4.69) is 20.0 Å². The first kappa shape index (κ1) is 23.9. The van der Waals surface area contributed by atoms with E-state index in [1.54, 1.807) is 11.8 Å². The Hall–Kier alpha value is -3.28. The fourth-order valence-corrected chi connectivity index (χ4v) is 5.05. The van der Waals surface area contributed by atoms with Gasteiger partial charge in [-0.3, -0.25) is 19.7 Å². The number of fused-ring (bicyclic) bond motifs is 3. The molecule has 0 aliphatic carbocycles. The molecule has 3 heterocycles. The van der Waals surface area contributed by atoms with E-state index in [1.807, 2.05) is 6.92 Å². The van der Waals surface area contributed by atoms with Crippen LogP contribution in [0.15, 0.2) is 16.7 Å². The van der Waals surface area contributed by atoms with E-state index in [0.29, 0.717) is 11.3 Å². The number of rotatable bonds is 4. The molecule has 2 aliphatic heterocycles. The molecule has 4 rings (SSSR count). The molecular formula is C22H23F3N4O5. The van der Waals surface area contributed by atoms with Gasteiger partial charge in [0.2, 0.25) is 17.6 Å². The number of carbonyl (C=O) groups excluding carboxylic acids is 3. The summed E-state index contributed by atoms with van der Waals surface area (Å²) >= 11 is 0. The average Bonchev–Trinajstić information content (AvgIpc) is 3.22. The minimum atomic E-state index is -3.03. The molecule has 12 heteroatoms. The third-order valence-electron chi connectivity index (χ3n) is 6.33. The van der Waals surface area contributed by atoms with Gasteiger partial charge in [-0.05, 0) is 44.9 Å². The molecule has 0 saturated carbocycles. The zero-order chi connectivity index (χ0) is 24.9. The molecule has 4 atom stereocenters. The normalized spacial score (nSPS) is 26.1. The first-order chi connectivity index (χ1) is 16.0. The van der Waals surface area contributed by atoms with E-state index >= 15 is 4.39 Å². The molecule has 34 heavy (non-hydrogen) atoms. The highest BCUT2D eigenvalue weighted by Gasteiger charge is 2.59. The van der Waals surface area contributed by atoms with Crippen LogP contribution in [0.4, 0.5) is 18.9 Å². The monoisotopic (exact) mass is 480 g/mol. The number of Topliss-reactive ketones (excluding diaryl/α,β-unsaturated/α-hetero) is 1. The fraction of sp³-hybridized carbons (Fsp3) is 0.500. The topological polar surface area (TPSA) is 115 Å². The van der Waals surface area contributed by atoms with Gasteiger partial charge in [0.15, 0.2) is 0 Å². The smallest absolute Gasteiger partial charge is 0.315 e. The highest BCUT2D eigenvalue weighted by Crippen LogP contribution is 2.47. The summed E-state index contributed by atoms with van der Waals surface area (Å²) in [6, 6.07) is 1.71.